The van der Waals surface area contributed by atoms with Gasteiger partial charge in [0.2, 0.25) is 5.91 Å². The van der Waals surface area contributed by atoms with Gasteiger partial charge in [0.15, 0.2) is 0 Å². The monoisotopic (exact) mass is 347 g/mol. The van der Waals surface area contributed by atoms with Crippen LogP contribution in [0, 0.1) is 5.92 Å². The summed E-state index contributed by atoms with van der Waals surface area (Å²) in [5.41, 5.74) is 6.86. The van der Waals surface area contributed by atoms with Crippen LogP contribution in [0.4, 0.5) is 5.69 Å². The second-order valence-electron chi connectivity index (χ2n) is 6.28. The fourth-order valence-corrected chi connectivity index (χ4v) is 2.81. The highest BCUT2D eigenvalue weighted by Crippen LogP contribution is 2.25. The highest BCUT2D eigenvalue weighted by Gasteiger charge is 2.27. The van der Waals surface area contributed by atoms with Crippen LogP contribution in [0.1, 0.15) is 43.5 Å². The van der Waals surface area contributed by atoms with E-state index in [0.717, 1.165) is 12.8 Å². The SMILES string of the molecule is CCOC(=O)C(C)NC(=O)c1ccc(NC(=O)C2CCC(N)C2)cc1. The van der Waals surface area contributed by atoms with Crippen molar-refractivity contribution in [2.45, 2.75) is 45.2 Å². The molecule has 1 aliphatic rings. The Morgan fingerprint density at radius 1 is 1.24 bits per heavy atom. The van der Waals surface area contributed by atoms with Crippen molar-refractivity contribution < 1.29 is 19.1 Å². The van der Waals surface area contributed by atoms with Gasteiger partial charge in [0.25, 0.3) is 5.91 Å². The minimum atomic E-state index is -0.724. The first-order chi connectivity index (χ1) is 11.9. The van der Waals surface area contributed by atoms with Crippen molar-refractivity contribution in [3.05, 3.63) is 29.8 Å². The molecule has 3 unspecified atom stereocenters. The number of benzene rings is 1. The summed E-state index contributed by atoms with van der Waals surface area (Å²) in [6.07, 6.45) is 2.38. The summed E-state index contributed by atoms with van der Waals surface area (Å²) in [4.78, 5) is 35.8. The molecule has 7 heteroatoms. The largest absolute Gasteiger partial charge is 0.464 e. The van der Waals surface area contributed by atoms with Gasteiger partial charge in [-0.05, 0) is 57.4 Å². The fraction of sp³-hybridized carbons (Fsp3) is 0.500. The number of ether oxygens (including phenoxy) is 1. The van der Waals surface area contributed by atoms with Crippen molar-refractivity contribution in [1.82, 2.24) is 5.32 Å². The lowest BCUT2D eigenvalue weighted by molar-refractivity contribution is -0.144. The van der Waals surface area contributed by atoms with E-state index < -0.39 is 12.0 Å². The van der Waals surface area contributed by atoms with Crippen LogP contribution < -0.4 is 16.4 Å². The van der Waals surface area contributed by atoms with Gasteiger partial charge in [0.1, 0.15) is 6.04 Å². The van der Waals surface area contributed by atoms with Gasteiger partial charge in [-0.15, -0.1) is 0 Å². The van der Waals surface area contributed by atoms with Gasteiger partial charge in [0.05, 0.1) is 6.61 Å². The van der Waals surface area contributed by atoms with E-state index in [-0.39, 0.29) is 30.4 Å². The van der Waals surface area contributed by atoms with Gasteiger partial charge >= 0.3 is 5.97 Å². The zero-order valence-electron chi connectivity index (χ0n) is 14.6. The average molecular weight is 347 g/mol. The number of carbonyl (C=O) groups is 3. The topological polar surface area (TPSA) is 111 Å². The summed E-state index contributed by atoms with van der Waals surface area (Å²) < 4.78 is 4.85. The molecule has 0 spiro atoms. The second-order valence-corrected chi connectivity index (χ2v) is 6.28. The zero-order chi connectivity index (χ0) is 18.4. The predicted octanol–water partition coefficient (Wildman–Crippen LogP) is 1.43. The molecule has 0 radical (unpaired) electrons. The van der Waals surface area contributed by atoms with Crippen LogP contribution in [0.3, 0.4) is 0 Å². The van der Waals surface area contributed by atoms with Crippen LogP contribution in [-0.4, -0.2) is 36.5 Å². The number of esters is 1. The number of carbonyl (C=O) groups excluding carboxylic acids is 3. The van der Waals surface area contributed by atoms with E-state index in [0.29, 0.717) is 17.7 Å². The molecule has 3 atom stereocenters. The second kappa shape index (κ2) is 8.62. The minimum absolute atomic E-state index is 0.0407. The molecule has 25 heavy (non-hydrogen) atoms. The van der Waals surface area contributed by atoms with E-state index in [1.807, 2.05) is 0 Å². The molecule has 1 saturated carbocycles. The summed E-state index contributed by atoms with van der Waals surface area (Å²) in [6, 6.07) is 5.90. The number of hydrogen-bond donors (Lipinski definition) is 3. The molecule has 1 fully saturated rings. The number of rotatable bonds is 6. The van der Waals surface area contributed by atoms with Gasteiger partial charge in [-0.25, -0.2) is 4.79 Å². The molecule has 4 N–H and O–H groups in total. The number of amides is 2. The van der Waals surface area contributed by atoms with Crippen molar-refractivity contribution in [3.63, 3.8) is 0 Å². The number of nitrogens with one attached hydrogen (secondary N) is 2. The molecule has 1 aliphatic carbocycles. The molecule has 0 bridgehead atoms. The van der Waals surface area contributed by atoms with E-state index in [1.54, 1.807) is 38.1 Å². The van der Waals surface area contributed by atoms with E-state index in [2.05, 4.69) is 10.6 Å². The van der Waals surface area contributed by atoms with Gasteiger partial charge in [0, 0.05) is 23.2 Å². The molecule has 1 aromatic rings. The van der Waals surface area contributed by atoms with Crippen molar-refractivity contribution >= 4 is 23.5 Å². The molecular formula is C18H25N3O4. The van der Waals surface area contributed by atoms with Crippen LogP contribution >= 0.6 is 0 Å². The summed E-state index contributed by atoms with van der Waals surface area (Å²) in [7, 11) is 0. The van der Waals surface area contributed by atoms with Crippen LogP contribution in [-0.2, 0) is 14.3 Å². The number of nitrogens with two attached hydrogens (primary N) is 1. The summed E-state index contributed by atoms with van der Waals surface area (Å²) in [6.45, 7) is 3.54. The quantitative estimate of drug-likeness (QED) is 0.674. The van der Waals surface area contributed by atoms with E-state index in [1.165, 1.54) is 0 Å². The minimum Gasteiger partial charge on any atom is -0.464 e. The smallest absolute Gasteiger partial charge is 0.328 e. The molecule has 0 aliphatic heterocycles. The third-order valence-corrected chi connectivity index (χ3v) is 4.25. The summed E-state index contributed by atoms with van der Waals surface area (Å²) >= 11 is 0. The predicted molar refractivity (Wildman–Crippen MR) is 93.9 cm³/mol. The number of hydrogen-bond acceptors (Lipinski definition) is 5. The lowest BCUT2D eigenvalue weighted by Gasteiger charge is -2.13. The van der Waals surface area contributed by atoms with Gasteiger partial charge in [-0.3, -0.25) is 9.59 Å². The van der Waals surface area contributed by atoms with Crippen LogP contribution in [0.15, 0.2) is 24.3 Å². The maximum absolute atomic E-state index is 12.2. The highest BCUT2D eigenvalue weighted by atomic mass is 16.5. The molecule has 0 heterocycles. The Bertz CT molecular complexity index is 630. The van der Waals surface area contributed by atoms with Gasteiger partial charge < -0.3 is 21.1 Å². The van der Waals surface area contributed by atoms with Gasteiger partial charge in [-0.1, -0.05) is 0 Å². The normalized spacial score (nSPS) is 20.6. The number of anilines is 1. The zero-order valence-corrected chi connectivity index (χ0v) is 14.6. The lowest BCUT2D eigenvalue weighted by atomic mass is 10.1. The first-order valence-corrected chi connectivity index (χ1v) is 8.54. The van der Waals surface area contributed by atoms with Gasteiger partial charge in [-0.2, -0.15) is 0 Å². The third kappa shape index (κ3) is 5.29. The Morgan fingerprint density at radius 3 is 2.48 bits per heavy atom. The Labute approximate surface area is 147 Å². The standard InChI is InChI=1S/C18H25N3O4/c1-3-25-18(24)11(2)20-16(22)12-5-8-15(9-6-12)21-17(23)13-4-7-14(19)10-13/h5-6,8-9,11,13-14H,3-4,7,10,19H2,1-2H3,(H,20,22)(H,21,23). The summed E-state index contributed by atoms with van der Waals surface area (Å²) in [5.74, 6) is -0.945. The van der Waals surface area contributed by atoms with Crippen molar-refractivity contribution in [1.29, 1.82) is 0 Å². The molecule has 136 valence electrons. The van der Waals surface area contributed by atoms with Crippen LogP contribution in [0.25, 0.3) is 0 Å². The summed E-state index contributed by atoms with van der Waals surface area (Å²) in [5, 5.41) is 5.42. The molecule has 2 amide bonds. The Balaban J connectivity index is 1.89. The van der Waals surface area contributed by atoms with E-state index in [9.17, 15) is 14.4 Å². The van der Waals surface area contributed by atoms with Crippen molar-refractivity contribution in [2.75, 3.05) is 11.9 Å². The van der Waals surface area contributed by atoms with Crippen LogP contribution in [0.5, 0.6) is 0 Å². The first kappa shape index (κ1) is 18.9. The average Bonchev–Trinajstić information content (AvgIpc) is 3.02. The molecule has 1 aromatic carbocycles. The maximum Gasteiger partial charge on any atom is 0.328 e. The molecule has 0 saturated heterocycles. The maximum atomic E-state index is 12.2. The molecule has 2 rings (SSSR count). The molecule has 0 aromatic heterocycles. The van der Waals surface area contributed by atoms with E-state index >= 15 is 0 Å². The Hall–Kier alpha value is -2.41. The molecular weight excluding hydrogens is 322 g/mol. The highest BCUT2D eigenvalue weighted by molar-refractivity contribution is 5.98. The van der Waals surface area contributed by atoms with Crippen LogP contribution in [0.2, 0.25) is 0 Å². The van der Waals surface area contributed by atoms with Crippen molar-refractivity contribution in [3.8, 4) is 0 Å². The lowest BCUT2D eigenvalue weighted by Crippen LogP contribution is -2.39. The fourth-order valence-electron chi connectivity index (χ4n) is 2.81. The Kier molecular flexibility index (Phi) is 6.52. The van der Waals surface area contributed by atoms with E-state index in [4.69, 9.17) is 10.5 Å². The molecule has 7 nitrogen and oxygen atoms in total. The Morgan fingerprint density at radius 2 is 1.92 bits per heavy atom. The first-order valence-electron chi connectivity index (χ1n) is 8.54. The van der Waals surface area contributed by atoms with Crippen molar-refractivity contribution in [2.24, 2.45) is 11.7 Å². The third-order valence-electron chi connectivity index (χ3n) is 4.25.